The molecule has 52 heavy (non-hydrogen) atoms. The van der Waals surface area contributed by atoms with Crippen molar-refractivity contribution < 1.29 is 28.7 Å². The summed E-state index contributed by atoms with van der Waals surface area (Å²) in [6.45, 7) is 1.69. The van der Waals surface area contributed by atoms with Crippen molar-refractivity contribution >= 4 is 37.3 Å². The Hall–Kier alpha value is -3.17. The van der Waals surface area contributed by atoms with Crippen LogP contribution in [0.4, 0.5) is 0 Å². The van der Waals surface area contributed by atoms with E-state index >= 15 is 0 Å². The summed E-state index contributed by atoms with van der Waals surface area (Å²) in [6, 6.07) is 22.6. The van der Waals surface area contributed by atoms with Crippen LogP contribution in [-0.4, -0.2) is 56.0 Å². The fourth-order valence-electron chi connectivity index (χ4n) is 6.98. The molecule has 282 valence electrons. The van der Waals surface area contributed by atoms with Gasteiger partial charge in [-0.3, -0.25) is 9.13 Å². The molecule has 5 aromatic rings. The van der Waals surface area contributed by atoms with Gasteiger partial charge in [-0.25, -0.2) is 15.0 Å². The standard InChI is InChI=1S/C39H55N5O6P2/c45-51(46,47)30-19-11-7-3-1-5-9-17-28-43-36-26-15-13-22-32(36)41-38(43)34-24-21-25-35(40-34)39-42-33-23-14-16-27-37(33)44(39)29-18-10-6-2-4-8-12-20-31-52(48,49)50/h13-16,21-27H,1-12,17-20,28-31H2,(H2,45,46,47)(H2,48,49,50). The molecule has 0 aliphatic carbocycles. The second-order valence-corrected chi connectivity index (χ2v) is 17.5. The molecule has 0 aliphatic heterocycles. The lowest BCUT2D eigenvalue weighted by atomic mass is 10.1. The molecule has 3 heterocycles. The van der Waals surface area contributed by atoms with Crippen LogP contribution in [0.5, 0.6) is 0 Å². The van der Waals surface area contributed by atoms with E-state index in [0.29, 0.717) is 12.8 Å². The molecule has 0 saturated carbocycles. The average Bonchev–Trinajstić information content (AvgIpc) is 3.67. The molecule has 2 aromatic carbocycles. The molecule has 11 nitrogen and oxygen atoms in total. The zero-order valence-electron chi connectivity index (χ0n) is 30.2. The first-order valence-corrected chi connectivity index (χ1v) is 22.7. The highest BCUT2D eigenvalue weighted by Gasteiger charge is 2.18. The molecule has 0 amide bonds. The Labute approximate surface area is 307 Å². The molecule has 0 fully saturated rings. The number of para-hydroxylation sites is 4. The Morgan fingerprint density at radius 2 is 0.769 bits per heavy atom. The highest BCUT2D eigenvalue weighted by atomic mass is 31.2. The number of imidazole rings is 2. The molecule has 0 spiro atoms. The van der Waals surface area contributed by atoms with Gasteiger partial charge in [0, 0.05) is 25.4 Å². The van der Waals surface area contributed by atoms with E-state index in [1.54, 1.807) is 0 Å². The second-order valence-electron chi connectivity index (χ2n) is 14.0. The van der Waals surface area contributed by atoms with Gasteiger partial charge in [-0.1, -0.05) is 107 Å². The summed E-state index contributed by atoms with van der Waals surface area (Å²) >= 11 is 0. The average molecular weight is 752 g/mol. The zero-order chi connectivity index (χ0) is 36.8. The summed E-state index contributed by atoms with van der Waals surface area (Å²) in [5.41, 5.74) is 5.75. The van der Waals surface area contributed by atoms with Gasteiger partial charge in [0.05, 0.1) is 22.1 Å². The predicted molar refractivity (Wildman–Crippen MR) is 209 cm³/mol. The van der Waals surface area contributed by atoms with Crippen LogP contribution in [0.25, 0.3) is 45.1 Å². The maximum atomic E-state index is 11.0. The molecule has 13 heteroatoms. The molecule has 5 rings (SSSR count). The molecular weight excluding hydrogens is 696 g/mol. The summed E-state index contributed by atoms with van der Waals surface area (Å²) in [7, 11) is -7.75. The smallest absolute Gasteiger partial charge is 0.324 e. The monoisotopic (exact) mass is 751 g/mol. The van der Waals surface area contributed by atoms with E-state index in [0.717, 1.165) is 148 Å². The SMILES string of the molecule is O=P(O)(O)CCCCCCCCCCn1c(-c2cccc(-c3nc4ccccc4n3CCCCCCCCCCP(=O)(O)O)n2)nc2ccccc21. The van der Waals surface area contributed by atoms with Gasteiger partial charge >= 0.3 is 15.2 Å². The molecule has 0 aliphatic rings. The summed E-state index contributed by atoms with van der Waals surface area (Å²) < 4.78 is 26.7. The van der Waals surface area contributed by atoms with Crippen LogP contribution >= 0.6 is 15.2 Å². The Morgan fingerprint density at radius 1 is 0.423 bits per heavy atom. The fourth-order valence-corrected chi connectivity index (χ4v) is 8.25. The van der Waals surface area contributed by atoms with Crippen LogP contribution < -0.4 is 0 Å². The molecule has 0 radical (unpaired) electrons. The number of rotatable bonds is 24. The lowest BCUT2D eigenvalue weighted by Crippen LogP contribution is -2.04. The molecule has 3 aromatic heterocycles. The van der Waals surface area contributed by atoms with Gasteiger partial charge in [0.2, 0.25) is 0 Å². The number of aryl methyl sites for hydroxylation is 2. The van der Waals surface area contributed by atoms with E-state index in [-0.39, 0.29) is 12.3 Å². The van der Waals surface area contributed by atoms with Crippen molar-refractivity contribution in [2.75, 3.05) is 12.3 Å². The first-order valence-electron chi connectivity index (χ1n) is 19.1. The van der Waals surface area contributed by atoms with Gasteiger partial charge in [-0.15, -0.1) is 0 Å². The van der Waals surface area contributed by atoms with Gasteiger partial charge in [-0.2, -0.15) is 0 Å². The topological polar surface area (TPSA) is 164 Å². The number of fused-ring (bicyclic) bond motifs is 2. The Morgan fingerprint density at radius 3 is 1.15 bits per heavy atom. The van der Waals surface area contributed by atoms with E-state index in [4.69, 9.17) is 34.5 Å². The van der Waals surface area contributed by atoms with Gasteiger partial charge < -0.3 is 28.7 Å². The number of hydrogen-bond acceptors (Lipinski definition) is 5. The maximum absolute atomic E-state index is 11.0. The number of pyridine rings is 1. The number of hydrogen-bond donors (Lipinski definition) is 4. The largest absolute Gasteiger partial charge is 0.325 e. The lowest BCUT2D eigenvalue weighted by Gasteiger charge is -2.12. The van der Waals surface area contributed by atoms with Crippen molar-refractivity contribution in [2.45, 2.75) is 116 Å². The van der Waals surface area contributed by atoms with Crippen molar-refractivity contribution in [3.63, 3.8) is 0 Å². The van der Waals surface area contributed by atoms with E-state index in [9.17, 15) is 9.13 Å². The summed E-state index contributed by atoms with van der Waals surface area (Å²) in [6.07, 6.45) is 15.9. The first kappa shape index (κ1) is 40.0. The minimum absolute atomic E-state index is 0.0104. The number of aromatic nitrogens is 5. The van der Waals surface area contributed by atoms with Crippen molar-refractivity contribution in [2.24, 2.45) is 0 Å². The van der Waals surface area contributed by atoms with Crippen molar-refractivity contribution in [3.8, 4) is 23.0 Å². The third-order valence-corrected chi connectivity index (χ3v) is 11.5. The number of benzene rings is 2. The highest BCUT2D eigenvalue weighted by molar-refractivity contribution is 7.52. The fraction of sp³-hybridized carbons (Fsp3) is 0.513. The minimum Gasteiger partial charge on any atom is -0.324 e. The van der Waals surface area contributed by atoms with Gasteiger partial charge in [0.1, 0.15) is 11.4 Å². The quantitative estimate of drug-likeness (QED) is 0.0355. The predicted octanol–water partition coefficient (Wildman–Crippen LogP) is 9.71. The van der Waals surface area contributed by atoms with Crippen LogP contribution in [-0.2, 0) is 22.2 Å². The summed E-state index contributed by atoms with van der Waals surface area (Å²) in [5, 5.41) is 0. The Bertz CT molecular complexity index is 1810. The summed E-state index contributed by atoms with van der Waals surface area (Å²) in [5.74, 6) is 1.72. The Balaban J connectivity index is 1.20. The van der Waals surface area contributed by atoms with E-state index in [1.807, 2.05) is 30.3 Å². The minimum atomic E-state index is -3.88. The first-order chi connectivity index (χ1) is 25.1. The molecule has 0 unspecified atom stereocenters. The molecule has 0 bridgehead atoms. The molecule has 0 atom stereocenters. The van der Waals surface area contributed by atoms with Gasteiger partial charge in [-0.05, 0) is 62.1 Å². The number of unbranched alkanes of at least 4 members (excludes halogenated alkanes) is 14. The van der Waals surface area contributed by atoms with Crippen LogP contribution in [0.15, 0.2) is 66.7 Å². The zero-order valence-corrected chi connectivity index (χ0v) is 32.0. The highest BCUT2D eigenvalue weighted by Crippen LogP contribution is 2.36. The third-order valence-electron chi connectivity index (χ3n) is 9.68. The van der Waals surface area contributed by atoms with Gasteiger partial charge in [0.25, 0.3) is 0 Å². The van der Waals surface area contributed by atoms with Crippen LogP contribution in [0, 0.1) is 0 Å². The molecular formula is C39H55N5O6P2. The van der Waals surface area contributed by atoms with E-state index in [1.165, 1.54) is 0 Å². The van der Waals surface area contributed by atoms with E-state index < -0.39 is 15.2 Å². The maximum Gasteiger partial charge on any atom is 0.325 e. The van der Waals surface area contributed by atoms with Crippen molar-refractivity contribution in [1.29, 1.82) is 0 Å². The lowest BCUT2D eigenvalue weighted by molar-refractivity contribution is 0.368. The second kappa shape index (κ2) is 19.8. The third kappa shape index (κ3) is 12.5. The summed E-state index contributed by atoms with van der Waals surface area (Å²) in [4.78, 5) is 51.4. The van der Waals surface area contributed by atoms with Gasteiger partial charge in [0.15, 0.2) is 11.6 Å². The van der Waals surface area contributed by atoms with Crippen LogP contribution in [0.2, 0.25) is 0 Å². The van der Waals surface area contributed by atoms with E-state index in [2.05, 4.69) is 45.5 Å². The number of nitrogens with zero attached hydrogens (tertiary/aromatic N) is 5. The van der Waals surface area contributed by atoms with Crippen LogP contribution in [0.3, 0.4) is 0 Å². The van der Waals surface area contributed by atoms with Crippen LogP contribution in [0.1, 0.15) is 103 Å². The molecule has 0 saturated heterocycles. The normalized spacial score (nSPS) is 12.4. The molecule has 4 N–H and O–H groups in total. The Kier molecular flexibility index (Phi) is 15.2. The van der Waals surface area contributed by atoms with Crippen molar-refractivity contribution in [3.05, 3.63) is 66.7 Å². The van der Waals surface area contributed by atoms with Crippen molar-refractivity contribution in [1.82, 2.24) is 24.1 Å².